The third-order valence-electron chi connectivity index (χ3n) is 3.08. The van der Waals surface area contributed by atoms with Crippen molar-refractivity contribution in [3.63, 3.8) is 0 Å². The Balaban J connectivity index is 2.06. The molecule has 0 amide bonds. The maximum absolute atomic E-state index is 11.8. The van der Waals surface area contributed by atoms with Gasteiger partial charge in [0.2, 0.25) is 6.29 Å². The lowest BCUT2D eigenvalue weighted by molar-refractivity contribution is -0.285. The second-order valence-corrected chi connectivity index (χ2v) is 4.47. The molecule has 0 unspecified atom stereocenters. The van der Waals surface area contributed by atoms with Gasteiger partial charge < -0.3 is 29.9 Å². The van der Waals surface area contributed by atoms with Crippen molar-refractivity contribution in [2.75, 3.05) is 6.61 Å². The Morgan fingerprint density at radius 2 is 1.75 bits per heavy atom. The summed E-state index contributed by atoms with van der Waals surface area (Å²) in [5.74, 6) is -0.741. The minimum atomic E-state index is -1.60. The molecule has 1 heterocycles. The van der Waals surface area contributed by atoms with E-state index in [4.69, 9.17) is 14.6 Å². The van der Waals surface area contributed by atoms with Crippen LogP contribution in [0, 0.1) is 0 Å². The molecule has 1 aromatic carbocycles. The second kappa shape index (κ2) is 6.29. The van der Waals surface area contributed by atoms with Crippen molar-refractivity contribution in [2.45, 2.75) is 30.7 Å². The zero-order valence-corrected chi connectivity index (χ0v) is 10.5. The lowest BCUT2D eigenvalue weighted by atomic mass is 9.99. The van der Waals surface area contributed by atoms with Crippen LogP contribution in [0.15, 0.2) is 30.3 Å². The van der Waals surface area contributed by atoms with Crippen molar-refractivity contribution >= 4 is 5.97 Å². The molecule has 20 heavy (non-hydrogen) atoms. The first-order valence-corrected chi connectivity index (χ1v) is 6.11. The Bertz CT molecular complexity index is 447. The monoisotopic (exact) mass is 284 g/mol. The Labute approximate surface area is 115 Å². The van der Waals surface area contributed by atoms with E-state index in [1.807, 2.05) is 0 Å². The second-order valence-electron chi connectivity index (χ2n) is 4.47. The fraction of sp³-hybridized carbons (Fsp3) is 0.462. The molecule has 5 atom stereocenters. The summed E-state index contributed by atoms with van der Waals surface area (Å²) in [5.41, 5.74) is 0.254. The number of rotatable bonds is 3. The average molecular weight is 284 g/mol. The molecule has 0 saturated carbocycles. The van der Waals surface area contributed by atoms with Gasteiger partial charge in [-0.15, -0.1) is 0 Å². The topological polar surface area (TPSA) is 116 Å². The van der Waals surface area contributed by atoms with Crippen LogP contribution in [0.3, 0.4) is 0 Å². The van der Waals surface area contributed by atoms with E-state index < -0.39 is 43.3 Å². The minimum Gasteiger partial charge on any atom is -0.429 e. The van der Waals surface area contributed by atoms with Crippen molar-refractivity contribution in [3.05, 3.63) is 35.9 Å². The van der Waals surface area contributed by atoms with Gasteiger partial charge >= 0.3 is 5.97 Å². The van der Waals surface area contributed by atoms with Crippen LogP contribution in [0.5, 0.6) is 0 Å². The molecule has 7 nitrogen and oxygen atoms in total. The highest BCUT2D eigenvalue weighted by atomic mass is 16.7. The standard InChI is InChI=1S/C13H16O7/c14-6-8-9(15)10(16)11(17)13(19-8)20-12(18)7-4-2-1-3-5-7/h1-5,8-11,13-17H,6H2/t8-,9+,10+,11-,13+/m1/s1. The van der Waals surface area contributed by atoms with Gasteiger partial charge in [0.05, 0.1) is 12.2 Å². The number of aliphatic hydroxyl groups is 4. The fourth-order valence-electron chi connectivity index (χ4n) is 1.91. The van der Waals surface area contributed by atoms with Crippen LogP contribution in [0.1, 0.15) is 10.4 Å². The molecule has 0 aliphatic carbocycles. The molecule has 1 aliphatic heterocycles. The Kier molecular flexibility index (Phi) is 4.69. The highest BCUT2D eigenvalue weighted by Crippen LogP contribution is 2.22. The average Bonchev–Trinajstić information content (AvgIpc) is 2.48. The number of hydrogen-bond acceptors (Lipinski definition) is 7. The van der Waals surface area contributed by atoms with Crippen LogP contribution in [-0.2, 0) is 9.47 Å². The molecule has 0 spiro atoms. The predicted molar refractivity (Wildman–Crippen MR) is 65.6 cm³/mol. The van der Waals surface area contributed by atoms with Crippen LogP contribution >= 0.6 is 0 Å². The molecule has 110 valence electrons. The summed E-state index contributed by atoms with van der Waals surface area (Å²) in [6, 6.07) is 8.05. The molecule has 1 saturated heterocycles. The first-order valence-electron chi connectivity index (χ1n) is 6.11. The molecule has 2 rings (SSSR count). The zero-order chi connectivity index (χ0) is 14.7. The van der Waals surface area contributed by atoms with E-state index in [-0.39, 0.29) is 5.56 Å². The summed E-state index contributed by atoms with van der Waals surface area (Å²) < 4.78 is 10.0. The molecule has 1 fully saturated rings. The number of aliphatic hydroxyl groups excluding tert-OH is 4. The quantitative estimate of drug-likeness (QED) is 0.507. The molecule has 0 aromatic heterocycles. The Hall–Kier alpha value is -1.51. The number of hydrogen-bond donors (Lipinski definition) is 4. The molecule has 1 aliphatic rings. The molecule has 0 radical (unpaired) electrons. The van der Waals surface area contributed by atoms with Gasteiger partial charge in [-0.1, -0.05) is 18.2 Å². The van der Waals surface area contributed by atoms with Crippen molar-refractivity contribution in [2.24, 2.45) is 0 Å². The van der Waals surface area contributed by atoms with Crippen LogP contribution < -0.4 is 0 Å². The van der Waals surface area contributed by atoms with E-state index >= 15 is 0 Å². The summed E-state index contributed by atoms with van der Waals surface area (Å²) in [5, 5.41) is 37.9. The van der Waals surface area contributed by atoms with E-state index in [1.165, 1.54) is 12.1 Å². The lowest BCUT2D eigenvalue weighted by Gasteiger charge is -2.39. The molecule has 4 N–H and O–H groups in total. The maximum atomic E-state index is 11.8. The summed E-state index contributed by atoms with van der Waals surface area (Å²) in [4.78, 5) is 11.8. The van der Waals surface area contributed by atoms with E-state index in [1.54, 1.807) is 18.2 Å². The first kappa shape index (κ1) is 14.9. The minimum absolute atomic E-state index is 0.254. The van der Waals surface area contributed by atoms with E-state index in [2.05, 4.69) is 0 Å². The first-order chi connectivity index (χ1) is 9.54. The van der Waals surface area contributed by atoms with Gasteiger partial charge in [-0.25, -0.2) is 4.79 Å². The van der Waals surface area contributed by atoms with Crippen molar-refractivity contribution < 1.29 is 34.7 Å². The molecule has 0 bridgehead atoms. The highest BCUT2D eigenvalue weighted by molar-refractivity contribution is 5.89. The van der Waals surface area contributed by atoms with Gasteiger partial charge in [-0.05, 0) is 12.1 Å². The SMILES string of the molecule is O=C(O[C@@H]1O[C@H](CO)[C@H](O)[C@H](O)[C@H]1O)c1ccccc1. The van der Waals surface area contributed by atoms with Gasteiger partial charge in [-0.3, -0.25) is 0 Å². The molecular formula is C13H16O7. The third-order valence-corrected chi connectivity index (χ3v) is 3.08. The molecule has 7 heteroatoms. The van der Waals surface area contributed by atoms with Crippen LogP contribution in [-0.4, -0.2) is 63.7 Å². The maximum Gasteiger partial charge on any atom is 0.340 e. The fourth-order valence-corrected chi connectivity index (χ4v) is 1.91. The van der Waals surface area contributed by atoms with Gasteiger partial charge in [0.15, 0.2) is 0 Å². The molecule has 1 aromatic rings. The third kappa shape index (κ3) is 2.97. The Morgan fingerprint density at radius 3 is 2.35 bits per heavy atom. The Morgan fingerprint density at radius 1 is 1.10 bits per heavy atom. The number of ether oxygens (including phenoxy) is 2. The number of benzene rings is 1. The number of carbonyl (C=O) groups excluding carboxylic acids is 1. The lowest BCUT2D eigenvalue weighted by Crippen LogP contribution is -2.59. The summed E-state index contributed by atoms with van der Waals surface area (Å²) in [7, 11) is 0. The zero-order valence-electron chi connectivity index (χ0n) is 10.5. The van der Waals surface area contributed by atoms with Gasteiger partial charge in [0.1, 0.15) is 24.4 Å². The predicted octanol–water partition coefficient (Wildman–Crippen LogP) is -1.36. The number of esters is 1. The van der Waals surface area contributed by atoms with E-state index in [0.29, 0.717) is 0 Å². The smallest absolute Gasteiger partial charge is 0.340 e. The normalized spacial score (nSPS) is 33.7. The summed E-state index contributed by atoms with van der Waals surface area (Å²) in [6.45, 7) is -0.579. The van der Waals surface area contributed by atoms with Crippen LogP contribution in [0.4, 0.5) is 0 Å². The van der Waals surface area contributed by atoms with E-state index in [9.17, 15) is 20.1 Å². The van der Waals surface area contributed by atoms with Gasteiger partial charge in [0.25, 0.3) is 0 Å². The number of carbonyl (C=O) groups is 1. The van der Waals surface area contributed by atoms with Crippen molar-refractivity contribution in [3.8, 4) is 0 Å². The van der Waals surface area contributed by atoms with Crippen LogP contribution in [0.2, 0.25) is 0 Å². The summed E-state index contributed by atoms with van der Waals surface area (Å²) >= 11 is 0. The van der Waals surface area contributed by atoms with Crippen LogP contribution in [0.25, 0.3) is 0 Å². The van der Waals surface area contributed by atoms with Gasteiger partial charge in [0, 0.05) is 0 Å². The van der Waals surface area contributed by atoms with Gasteiger partial charge in [-0.2, -0.15) is 0 Å². The summed E-state index contributed by atoms with van der Waals surface area (Å²) in [6.07, 6.45) is -7.23. The largest absolute Gasteiger partial charge is 0.429 e. The highest BCUT2D eigenvalue weighted by Gasteiger charge is 2.45. The van der Waals surface area contributed by atoms with Crippen molar-refractivity contribution in [1.82, 2.24) is 0 Å². The molecular weight excluding hydrogens is 268 g/mol. The van der Waals surface area contributed by atoms with Crippen molar-refractivity contribution in [1.29, 1.82) is 0 Å². The van der Waals surface area contributed by atoms with E-state index in [0.717, 1.165) is 0 Å².